The molecule has 0 aliphatic carbocycles. The summed E-state index contributed by atoms with van der Waals surface area (Å²) in [5.41, 5.74) is 0.448. The van der Waals surface area contributed by atoms with Crippen LogP contribution in [0.5, 0.6) is 5.75 Å². The van der Waals surface area contributed by atoms with E-state index in [1.165, 1.54) is 12.1 Å². The molecule has 1 aromatic carbocycles. The molecule has 1 rings (SSSR count). The number of halogens is 4. The van der Waals surface area contributed by atoms with Crippen molar-refractivity contribution in [3.05, 3.63) is 27.7 Å². The molecule has 0 saturated carbocycles. The first kappa shape index (κ1) is 14.2. The number of carbonyl (C=O) groups is 1. The fourth-order valence-electron chi connectivity index (χ4n) is 1.20. The van der Waals surface area contributed by atoms with Crippen LogP contribution in [0.2, 0.25) is 0 Å². The normalized spacial score (nSPS) is 10.5. The van der Waals surface area contributed by atoms with Crippen molar-refractivity contribution in [1.82, 2.24) is 0 Å². The fourth-order valence-corrected chi connectivity index (χ4v) is 2.01. The van der Waals surface area contributed by atoms with Gasteiger partial charge in [-0.25, -0.2) is 4.79 Å². The van der Waals surface area contributed by atoms with E-state index in [4.69, 9.17) is 11.6 Å². The smallest absolute Gasteiger partial charge is 0.387 e. The van der Waals surface area contributed by atoms with E-state index in [2.05, 4.69) is 25.4 Å². The van der Waals surface area contributed by atoms with Gasteiger partial charge < -0.3 is 9.47 Å². The maximum absolute atomic E-state index is 12.2. The Bertz CT molecular complexity index is 426. The molecule has 0 unspecified atom stereocenters. The third-order valence-corrected chi connectivity index (χ3v) is 2.81. The van der Waals surface area contributed by atoms with Crippen LogP contribution in [0.15, 0.2) is 16.6 Å². The van der Waals surface area contributed by atoms with Crippen LogP contribution in [0.1, 0.15) is 15.9 Å². The third kappa shape index (κ3) is 3.54. The number of carbonyl (C=O) groups excluding carboxylic acids is 1. The van der Waals surface area contributed by atoms with Crippen LogP contribution in [0, 0.1) is 0 Å². The second-order valence-corrected chi connectivity index (χ2v) is 4.08. The zero-order chi connectivity index (χ0) is 13.0. The Balaban J connectivity index is 3.29. The molecule has 0 aliphatic heterocycles. The van der Waals surface area contributed by atoms with E-state index in [1.807, 2.05) is 0 Å². The van der Waals surface area contributed by atoms with Crippen molar-refractivity contribution >= 4 is 33.5 Å². The molecule has 0 N–H and O–H groups in total. The van der Waals surface area contributed by atoms with Crippen molar-refractivity contribution in [3.8, 4) is 5.75 Å². The minimum Gasteiger partial charge on any atom is -0.465 e. The van der Waals surface area contributed by atoms with Gasteiger partial charge in [-0.05, 0) is 33.6 Å². The zero-order valence-electron chi connectivity index (χ0n) is 8.68. The molecule has 7 heteroatoms. The van der Waals surface area contributed by atoms with Crippen LogP contribution in [-0.2, 0) is 10.6 Å². The first-order valence-electron chi connectivity index (χ1n) is 4.41. The molecule has 0 aliphatic rings. The lowest BCUT2D eigenvalue weighted by atomic mass is 10.1. The molecule has 0 aromatic heterocycles. The Hall–Kier alpha value is -0.880. The number of hydrogen-bond donors (Lipinski definition) is 0. The van der Waals surface area contributed by atoms with Crippen molar-refractivity contribution in [1.29, 1.82) is 0 Å². The molecule has 17 heavy (non-hydrogen) atoms. The Labute approximate surface area is 110 Å². The topological polar surface area (TPSA) is 35.5 Å². The molecule has 3 nitrogen and oxygen atoms in total. The average Bonchev–Trinajstić information content (AvgIpc) is 2.26. The maximum atomic E-state index is 12.2. The maximum Gasteiger partial charge on any atom is 0.387 e. The lowest BCUT2D eigenvalue weighted by Crippen LogP contribution is -2.10. The predicted octanol–water partition coefficient (Wildman–Crippen LogP) is 3.58. The van der Waals surface area contributed by atoms with Gasteiger partial charge in [0.2, 0.25) is 0 Å². The summed E-state index contributed by atoms with van der Waals surface area (Å²) in [5, 5.41) is 0. The minimum atomic E-state index is -3.03. The number of benzene rings is 1. The lowest BCUT2D eigenvalue weighted by Gasteiger charge is -2.12. The van der Waals surface area contributed by atoms with Gasteiger partial charge in [-0.1, -0.05) is 0 Å². The highest BCUT2D eigenvalue weighted by Crippen LogP contribution is 2.31. The van der Waals surface area contributed by atoms with E-state index in [0.29, 0.717) is 5.56 Å². The van der Waals surface area contributed by atoms with Crippen LogP contribution in [-0.4, -0.2) is 19.7 Å². The SMILES string of the molecule is COC(=O)c1c(Br)cc(CCl)cc1OC(F)F. The highest BCUT2D eigenvalue weighted by molar-refractivity contribution is 9.10. The summed E-state index contributed by atoms with van der Waals surface area (Å²) in [6.45, 7) is -3.03. The second kappa shape index (κ2) is 6.16. The standard InChI is InChI=1S/C10H8BrClF2O3/c1-16-9(15)8-6(11)2-5(4-12)3-7(8)17-10(13)14/h2-3,10H,4H2,1H3. The van der Waals surface area contributed by atoms with Gasteiger partial charge in [-0.3, -0.25) is 0 Å². The summed E-state index contributed by atoms with van der Waals surface area (Å²) in [6, 6.07) is 2.81. The predicted molar refractivity (Wildman–Crippen MR) is 61.7 cm³/mol. The third-order valence-electron chi connectivity index (χ3n) is 1.87. The van der Waals surface area contributed by atoms with E-state index in [1.54, 1.807) is 0 Å². The number of rotatable bonds is 4. The van der Waals surface area contributed by atoms with Gasteiger partial charge >= 0.3 is 12.6 Å². The van der Waals surface area contributed by atoms with Gasteiger partial charge in [0.1, 0.15) is 11.3 Å². The Morgan fingerprint density at radius 2 is 2.18 bits per heavy atom. The summed E-state index contributed by atoms with van der Waals surface area (Å²) < 4.78 is 33.5. The summed E-state index contributed by atoms with van der Waals surface area (Å²) in [6.07, 6.45) is 0. The number of hydrogen-bond acceptors (Lipinski definition) is 3. The number of esters is 1. The first-order chi connectivity index (χ1) is 7.99. The fraction of sp³-hybridized carbons (Fsp3) is 0.300. The van der Waals surface area contributed by atoms with Gasteiger partial charge in [-0.15, -0.1) is 11.6 Å². The largest absolute Gasteiger partial charge is 0.465 e. The summed E-state index contributed by atoms with van der Waals surface area (Å²) in [7, 11) is 1.15. The molecule has 0 amide bonds. The van der Waals surface area contributed by atoms with E-state index >= 15 is 0 Å². The average molecular weight is 330 g/mol. The molecular formula is C10H8BrClF2O3. The molecular weight excluding hydrogens is 321 g/mol. The quantitative estimate of drug-likeness (QED) is 0.626. The molecule has 1 aromatic rings. The zero-order valence-corrected chi connectivity index (χ0v) is 11.0. The van der Waals surface area contributed by atoms with Crippen LogP contribution >= 0.6 is 27.5 Å². The molecule has 0 spiro atoms. The van der Waals surface area contributed by atoms with Crippen LogP contribution in [0.4, 0.5) is 8.78 Å². The molecule has 0 bridgehead atoms. The summed E-state index contributed by atoms with van der Waals surface area (Å²) >= 11 is 8.68. The van der Waals surface area contributed by atoms with Crippen molar-refractivity contribution in [2.45, 2.75) is 12.5 Å². The van der Waals surface area contributed by atoms with Gasteiger partial charge in [0.25, 0.3) is 0 Å². The lowest BCUT2D eigenvalue weighted by molar-refractivity contribution is -0.0504. The van der Waals surface area contributed by atoms with E-state index in [9.17, 15) is 13.6 Å². The van der Waals surface area contributed by atoms with Crippen molar-refractivity contribution in [2.24, 2.45) is 0 Å². The summed E-state index contributed by atoms with van der Waals surface area (Å²) in [5.74, 6) is -0.926. The molecule has 0 radical (unpaired) electrons. The van der Waals surface area contributed by atoms with Gasteiger partial charge in [0.05, 0.1) is 7.11 Å². The molecule has 0 saturated heterocycles. The highest BCUT2D eigenvalue weighted by atomic mass is 79.9. The Morgan fingerprint density at radius 1 is 1.53 bits per heavy atom. The number of methoxy groups -OCH3 is 1. The van der Waals surface area contributed by atoms with Gasteiger partial charge in [0.15, 0.2) is 0 Å². The Morgan fingerprint density at radius 3 is 2.65 bits per heavy atom. The van der Waals surface area contributed by atoms with E-state index < -0.39 is 12.6 Å². The minimum absolute atomic E-state index is 0.0957. The van der Waals surface area contributed by atoms with Crippen LogP contribution < -0.4 is 4.74 Å². The number of alkyl halides is 3. The van der Waals surface area contributed by atoms with Crippen molar-refractivity contribution < 1.29 is 23.0 Å². The van der Waals surface area contributed by atoms with Gasteiger partial charge in [-0.2, -0.15) is 8.78 Å². The van der Waals surface area contributed by atoms with Crippen molar-refractivity contribution in [3.63, 3.8) is 0 Å². The van der Waals surface area contributed by atoms with E-state index in [0.717, 1.165) is 7.11 Å². The molecule has 0 atom stereocenters. The highest BCUT2D eigenvalue weighted by Gasteiger charge is 2.20. The monoisotopic (exact) mass is 328 g/mol. The second-order valence-electron chi connectivity index (χ2n) is 2.95. The van der Waals surface area contributed by atoms with Gasteiger partial charge in [0, 0.05) is 10.4 Å². The first-order valence-corrected chi connectivity index (χ1v) is 5.73. The number of ether oxygens (including phenoxy) is 2. The summed E-state index contributed by atoms with van der Waals surface area (Å²) in [4.78, 5) is 11.4. The molecule has 0 fully saturated rings. The molecule has 94 valence electrons. The van der Waals surface area contributed by atoms with Crippen molar-refractivity contribution in [2.75, 3.05) is 7.11 Å². The molecule has 0 heterocycles. The van der Waals surface area contributed by atoms with E-state index in [-0.39, 0.29) is 21.7 Å². The Kier molecular flexibility index (Phi) is 5.14. The van der Waals surface area contributed by atoms with Crippen LogP contribution in [0.3, 0.4) is 0 Å². The van der Waals surface area contributed by atoms with Crippen LogP contribution in [0.25, 0.3) is 0 Å².